The molecule has 0 aliphatic heterocycles. The zero-order chi connectivity index (χ0) is 17.6. The van der Waals surface area contributed by atoms with E-state index in [-0.39, 0.29) is 11.8 Å². The third kappa shape index (κ3) is 4.34. The van der Waals surface area contributed by atoms with Crippen LogP contribution in [0, 0.1) is 11.8 Å². The van der Waals surface area contributed by atoms with E-state index >= 15 is 0 Å². The van der Waals surface area contributed by atoms with Gasteiger partial charge in [-0.25, -0.2) is 8.57 Å². The summed E-state index contributed by atoms with van der Waals surface area (Å²) in [5.41, 5.74) is 0.862. The molecule has 1 unspecified atom stereocenters. The maximum atomic E-state index is 13.1. The van der Waals surface area contributed by atoms with Gasteiger partial charge >= 0.3 is 0 Å². The van der Waals surface area contributed by atoms with Gasteiger partial charge in [0.1, 0.15) is 0 Å². The van der Waals surface area contributed by atoms with Crippen LogP contribution < -0.4 is 0 Å². The molecule has 3 atom stereocenters. The molecule has 0 aliphatic rings. The van der Waals surface area contributed by atoms with Crippen LogP contribution in [0.25, 0.3) is 0 Å². The molecule has 4 heteroatoms. The fourth-order valence-corrected chi connectivity index (χ4v) is 4.05. The molecule has 0 saturated carbocycles. The Morgan fingerprint density at radius 1 is 1.00 bits per heavy atom. The first-order valence-electron chi connectivity index (χ1n) is 8.09. The first-order chi connectivity index (χ1) is 11.5. The molecule has 0 heterocycles. The number of aliphatic hydroxyl groups is 1. The molecule has 2 aromatic rings. The first-order valence-corrected chi connectivity index (χ1v) is 9.67. The van der Waals surface area contributed by atoms with Crippen LogP contribution in [0.4, 0.5) is 0 Å². The van der Waals surface area contributed by atoms with Gasteiger partial charge in [-0.3, -0.25) is 0 Å². The molecule has 3 nitrogen and oxygen atoms in total. The van der Waals surface area contributed by atoms with Crippen LogP contribution in [0.3, 0.4) is 0 Å². The highest BCUT2D eigenvalue weighted by Crippen LogP contribution is 2.30. The number of rotatable bonds is 6. The Balaban J connectivity index is 2.33. The summed E-state index contributed by atoms with van der Waals surface area (Å²) in [7, 11) is -1.05. The summed E-state index contributed by atoms with van der Waals surface area (Å²) in [6, 6.07) is 18.8. The van der Waals surface area contributed by atoms with E-state index in [0.29, 0.717) is 4.90 Å². The highest BCUT2D eigenvalue weighted by atomic mass is 32.2. The quantitative estimate of drug-likeness (QED) is 0.829. The third-order valence-corrected chi connectivity index (χ3v) is 6.13. The molecule has 0 spiro atoms. The van der Waals surface area contributed by atoms with Crippen molar-refractivity contribution in [2.45, 2.75) is 24.8 Å². The van der Waals surface area contributed by atoms with E-state index in [0.717, 1.165) is 5.56 Å². The SMILES string of the molecule is CN=S(=O)(/C=C\[C@@H](C(C)C)[C@@H](O)c1ccccc1)c1ccccc1. The van der Waals surface area contributed by atoms with E-state index < -0.39 is 15.8 Å². The van der Waals surface area contributed by atoms with E-state index in [1.165, 1.54) is 0 Å². The summed E-state index contributed by atoms with van der Waals surface area (Å²) in [5.74, 6) is 0.0615. The standard InChI is InChI=1S/C20H25NO2S/c1-16(2)19(20(22)17-10-6-4-7-11-17)14-15-24(23,21-3)18-12-8-5-9-13-18/h4-16,19-20,22H,1-3H3/b15-14-/t19-,20-,24?/m0/s1. The largest absolute Gasteiger partial charge is 0.388 e. The Bertz CT molecular complexity index is 776. The minimum atomic E-state index is -2.62. The summed E-state index contributed by atoms with van der Waals surface area (Å²) in [4.78, 5) is 0.681. The lowest BCUT2D eigenvalue weighted by Gasteiger charge is -2.24. The van der Waals surface area contributed by atoms with E-state index in [9.17, 15) is 9.32 Å². The molecule has 128 valence electrons. The molecule has 2 aromatic carbocycles. The predicted molar refractivity (Wildman–Crippen MR) is 100 cm³/mol. The number of nitrogens with zero attached hydrogens (tertiary/aromatic N) is 1. The minimum Gasteiger partial charge on any atom is -0.388 e. The van der Waals surface area contributed by atoms with Gasteiger partial charge in [-0.15, -0.1) is 0 Å². The van der Waals surface area contributed by atoms with Crippen LogP contribution in [0.5, 0.6) is 0 Å². The van der Waals surface area contributed by atoms with Crippen molar-refractivity contribution in [2.75, 3.05) is 7.05 Å². The van der Waals surface area contributed by atoms with E-state index in [1.807, 2.05) is 66.7 Å². The second kappa shape index (κ2) is 8.27. The van der Waals surface area contributed by atoms with Crippen LogP contribution in [0.1, 0.15) is 25.5 Å². The van der Waals surface area contributed by atoms with Crippen LogP contribution >= 0.6 is 0 Å². The van der Waals surface area contributed by atoms with Crippen LogP contribution in [0.2, 0.25) is 0 Å². The normalized spacial score (nSPS) is 16.7. The van der Waals surface area contributed by atoms with Crippen molar-refractivity contribution >= 4 is 9.73 Å². The average Bonchev–Trinajstić information content (AvgIpc) is 2.62. The zero-order valence-corrected chi connectivity index (χ0v) is 15.2. The first kappa shape index (κ1) is 18.4. The minimum absolute atomic E-state index is 0.140. The topological polar surface area (TPSA) is 49.7 Å². The highest BCUT2D eigenvalue weighted by molar-refractivity contribution is 7.96. The van der Waals surface area contributed by atoms with Crippen molar-refractivity contribution < 1.29 is 9.32 Å². The Morgan fingerprint density at radius 3 is 2.04 bits per heavy atom. The molecule has 1 N–H and O–H groups in total. The lowest BCUT2D eigenvalue weighted by Crippen LogP contribution is -2.16. The van der Waals surface area contributed by atoms with E-state index in [1.54, 1.807) is 12.5 Å². The molecule has 0 saturated heterocycles. The monoisotopic (exact) mass is 343 g/mol. The molecular formula is C20H25NO2S. The predicted octanol–water partition coefficient (Wildman–Crippen LogP) is 4.66. The van der Waals surface area contributed by atoms with E-state index in [2.05, 4.69) is 18.2 Å². The van der Waals surface area contributed by atoms with Crippen molar-refractivity contribution in [3.05, 3.63) is 77.7 Å². The number of hydrogen-bond acceptors (Lipinski definition) is 3. The molecule has 0 aliphatic carbocycles. The summed E-state index contributed by atoms with van der Waals surface area (Å²) in [6.07, 6.45) is 1.21. The molecule has 24 heavy (non-hydrogen) atoms. The van der Waals surface area contributed by atoms with Gasteiger partial charge in [0.05, 0.1) is 20.7 Å². The van der Waals surface area contributed by atoms with Gasteiger partial charge in [0.2, 0.25) is 0 Å². The van der Waals surface area contributed by atoms with Gasteiger partial charge in [0.15, 0.2) is 0 Å². The zero-order valence-electron chi connectivity index (χ0n) is 14.4. The van der Waals surface area contributed by atoms with Crippen molar-refractivity contribution in [2.24, 2.45) is 16.2 Å². The molecule has 0 radical (unpaired) electrons. The molecular weight excluding hydrogens is 318 g/mol. The van der Waals surface area contributed by atoms with Gasteiger partial charge in [0, 0.05) is 18.4 Å². The smallest absolute Gasteiger partial charge is 0.0963 e. The maximum Gasteiger partial charge on any atom is 0.0963 e. The molecule has 0 aromatic heterocycles. The lowest BCUT2D eigenvalue weighted by molar-refractivity contribution is 0.108. The Morgan fingerprint density at radius 2 is 1.54 bits per heavy atom. The fraction of sp³-hybridized carbons (Fsp3) is 0.300. The summed E-state index contributed by atoms with van der Waals surface area (Å²) < 4.78 is 17.2. The number of hydrogen-bond donors (Lipinski definition) is 1. The fourth-order valence-electron chi connectivity index (χ4n) is 2.62. The van der Waals surface area contributed by atoms with Crippen LogP contribution in [-0.4, -0.2) is 16.4 Å². The van der Waals surface area contributed by atoms with Gasteiger partial charge in [-0.05, 0) is 23.6 Å². The number of aliphatic hydroxyl groups excluding tert-OH is 1. The summed E-state index contributed by atoms with van der Waals surface area (Å²) in [6.45, 7) is 4.10. The highest BCUT2D eigenvalue weighted by Gasteiger charge is 2.22. The van der Waals surface area contributed by atoms with Crippen LogP contribution in [-0.2, 0) is 9.73 Å². The van der Waals surface area contributed by atoms with Crippen molar-refractivity contribution in [1.29, 1.82) is 0 Å². The van der Waals surface area contributed by atoms with Crippen LogP contribution in [0.15, 0.2) is 81.4 Å². The van der Waals surface area contributed by atoms with Gasteiger partial charge < -0.3 is 5.11 Å². The van der Waals surface area contributed by atoms with Crippen molar-refractivity contribution in [1.82, 2.24) is 0 Å². The summed E-state index contributed by atoms with van der Waals surface area (Å²) in [5, 5.41) is 12.4. The molecule has 2 rings (SSSR count). The second-order valence-electron chi connectivity index (χ2n) is 6.07. The molecule has 0 fully saturated rings. The molecule has 0 amide bonds. The Hall–Kier alpha value is -1.91. The summed E-state index contributed by atoms with van der Waals surface area (Å²) >= 11 is 0. The Labute approximate surface area is 145 Å². The van der Waals surface area contributed by atoms with Crippen molar-refractivity contribution in [3.8, 4) is 0 Å². The average molecular weight is 343 g/mol. The van der Waals surface area contributed by atoms with Gasteiger partial charge in [-0.1, -0.05) is 68.5 Å². The van der Waals surface area contributed by atoms with Gasteiger partial charge in [0.25, 0.3) is 0 Å². The third-order valence-electron chi connectivity index (χ3n) is 4.11. The second-order valence-corrected chi connectivity index (χ2v) is 8.32. The van der Waals surface area contributed by atoms with Gasteiger partial charge in [-0.2, -0.15) is 0 Å². The molecule has 0 bridgehead atoms. The van der Waals surface area contributed by atoms with Crippen molar-refractivity contribution in [3.63, 3.8) is 0 Å². The Kier molecular flexibility index (Phi) is 6.35. The number of benzene rings is 2. The maximum absolute atomic E-state index is 13.1. The lowest BCUT2D eigenvalue weighted by atomic mass is 9.87. The van der Waals surface area contributed by atoms with E-state index in [4.69, 9.17) is 0 Å².